The Labute approximate surface area is 108 Å². The van der Waals surface area contributed by atoms with Crippen LogP contribution in [0.4, 0.5) is 0 Å². The molecule has 5 nitrogen and oxygen atoms in total. The molecular formula is C13H22N2O3. The first-order chi connectivity index (χ1) is 8.52. The van der Waals surface area contributed by atoms with Gasteiger partial charge in [-0.15, -0.1) is 6.58 Å². The number of carbonyl (C=O) groups excluding carboxylic acids is 1. The van der Waals surface area contributed by atoms with Crippen LogP contribution < -0.4 is 0 Å². The Morgan fingerprint density at radius 2 is 2.22 bits per heavy atom. The van der Waals surface area contributed by atoms with Crippen LogP contribution in [0.15, 0.2) is 12.7 Å². The molecule has 0 aromatic carbocycles. The minimum absolute atomic E-state index is 0.0182. The Balaban J connectivity index is 2.48. The smallest absolute Gasteiger partial charge is 0.317 e. The van der Waals surface area contributed by atoms with Gasteiger partial charge in [-0.25, -0.2) is 0 Å². The van der Waals surface area contributed by atoms with Crippen molar-refractivity contribution in [2.24, 2.45) is 5.92 Å². The molecule has 1 heterocycles. The molecule has 1 rings (SSSR count). The molecule has 5 heteroatoms. The summed E-state index contributed by atoms with van der Waals surface area (Å²) < 4.78 is 0. The fourth-order valence-electron chi connectivity index (χ4n) is 2.27. The predicted molar refractivity (Wildman–Crippen MR) is 69.3 cm³/mol. The van der Waals surface area contributed by atoms with Crippen LogP contribution in [0.5, 0.6) is 0 Å². The van der Waals surface area contributed by atoms with Gasteiger partial charge in [0.25, 0.3) is 0 Å². The van der Waals surface area contributed by atoms with Gasteiger partial charge >= 0.3 is 5.97 Å². The van der Waals surface area contributed by atoms with E-state index in [-0.39, 0.29) is 19.0 Å². The molecule has 18 heavy (non-hydrogen) atoms. The predicted octanol–water partition coefficient (Wildman–Crippen LogP) is 0.817. The van der Waals surface area contributed by atoms with Crippen LogP contribution in [0, 0.1) is 5.92 Å². The summed E-state index contributed by atoms with van der Waals surface area (Å²) in [6, 6.07) is 0. The molecule has 1 aliphatic rings. The monoisotopic (exact) mass is 254 g/mol. The maximum Gasteiger partial charge on any atom is 0.317 e. The van der Waals surface area contributed by atoms with Gasteiger partial charge in [-0.1, -0.05) is 13.0 Å². The zero-order valence-electron chi connectivity index (χ0n) is 11.0. The molecule has 1 aliphatic heterocycles. The summed E-state index contributed by atoms with van der Waals surface area (Å²) in [7, 11) is 0. The summed E-state index contributed by atoms with van der Waals surface area (Å²) in [4.78, 5) is 26.2. The average molecular weight is 254 g/mol. The Hall–Kier alpha value is -1.36. The molecule has 1 atom stereocenters. The standard InChI is InChI=1S/C13H22N2O3/c1-3-6-14(10-13(17)18)9-12(16)15-7-4-5-11(2)8-15/h3,11H,1,4-10H2,2H3,(H,17,18). The van der Waals surface area contributed by atoms with Gasteiger partial charge < -0.3 is 10.0 Å². The number of nitrogens with zero attached hydrogens (tertiary/aromatic N) is 2. The normalized spacial score (nSPS) is 19.9. The summed E-state index contributed by atoms with van der Waals surface area (Å²) in [5, 5.41) is 8.77. The second kappa shape index (κ2) is 7.16. The zero-order valence-corrected chi connectivity index (χ0v) is 11.0. The highest BCUT2D eigenvalue weighted by Gasteiger charge is 2.22. The molecule has 1 saturated heterocycles. The third kappa shape index (κ3) is 4.87. The molecule has 1 N–H and O–H groups in total. The second-order valence-corrected chi connectivity index (χ2v) is 4.94. The Morgan fingerprint density at radius 1 is 1.50 bits per heavy atom. The van der Waals surface area contributed by atoms with Crippen molar-refractivity contribution in [1.29, 1.82) is 0 Å². The molecule has 0 bridgehead atoms. The summed E-state index contributed by atoms with van der Waals surface area (Å²) in [6.07, 6.45) is 3.82. The lowest BCUT2D eigenvalue weighted by molar-refractivity contribution is -0.139. The fourth-order valence-corrected chi connectivity index (χ4v) is 2.27. The summed E-state index contributed by atoms with van der Waals surface area (Å²) in [5.74, 6) is -0.364. The first-order valence-corrected chi connectivity index (χ1v) is 6.35. The lowest BCUT2D eigenvalue weighted by Gasteiger charge is -2.32. The quantitative estimate of drug-likeness (QED) is 0.713. The Morgan fingerprint density at radius 3 is 2.78 bits per heavy atom. The van der Waals surface area contributed by atoms with E-state index in [9.17, 15) is 9.59 Å². The van der Waals surface area contributed by atoms with Gasteiger partial charge in [0, 0.05) is 19.6 Å². The van der Waals surface area contributed by atoms with E-state index in [0.29, 0.717) is 12.5 Å². The third-order valence-electron chi connectivity index (χ3n) is 3.11. The van der Waals surface area contributed by atoms with E-state index in [1.807, 2.05) is 4.90 Å². The van der Waals surface area contributed by atoms with Crippen LogP contribution in [0.25, 0.3) is 0 Å². The molecular weight excluding hydrogens is 232 g/mol. The number of likely N-dealkylation sites (tertiary alicyclic amines) is 1. The number of carboxylic acids is 1. The lowest BCUT2D eigenvalue weighted by Crippen LogP contribution is -2.45. The molecule has 0 aromatic heterocycles. The van der Waals surface area contributed by atoms with Crippen molar-refractivity contribution in [1.82, 2.24) is 9.80 Å². The largest absolute Gasteiger partial charge is 0.480 e. The molecule has 1 amide bonds. The molecule has 0 aromatic rings. The van der Waals surface area contributed by atoms with Crippen LogP contribution in [0.3, 0.4) is 0 Å². The van der Waals surface area contributed by atoms with E-state index in [4.69, 9.17) is 5.11 Å². The van der Waals surface area contributed by atoms with Crippen LogP contribution in [0.2, 0.25) is 0 Å². The lowest BCUT2D eigenvalue weighted by atomic mass is 10.0. The summed E-state index contributed by atoms with van der Waals surface area (Å²) >= 11 is 0. The molecule has 1 fully saturated rings. The number of aliphatic carboxylic acids is 1. The van der Waals surface area contributed by atoms with E-state index in [1.54, 1.807) is 11.0 Å². The first-order valence-electron chi connectivity index (χ1n) is 6.35. The number of hydrogen-bond donors (Lipinski definition) is 1. The third-order valence-corrected chi connectivity index (χ3v) is 3.11. The number of piperidine rings is 1. The summed E-state index contributed by atoms with van der Waals surface area (Å²) in [5.41, 5.74) is 0. The molecule has 1 unspecified atom stereocenters. The first kappa shape index (κ1) is 14.7. The van der Waals surface area contributed by atoms with Gasteiger partial charge in [0.1, 0.15) is 0 Å². The van der Waals surface area contributed by atoms with Crippen LogP contribution in [-0.4, -0.2) is 59.5 Å². The summed E-state index contributed by atoms with van der Waals surface area (Å²) in [6.45, 7) is 7.74. The van der Waals surface area contributed by atoms with E-state index in [0.717, 1.165) is 25.9 Å². The molecule has 102 valence electrons. The van der Waals surface area contributed by atoms with Crippen LogP contribution in [-0.2, 0) is 9.59 Å². The number of carboxylic acid groups (broad SMARTS) is 1. The van der Waals surface area contributed by atoms with Crippen molar-refractivity contribution < 1.29 is 14.7 Å². The van der Waals surface area contributed by atoms with Gasteiger partial charge in [-0.3, -0.25) is 14.5 Å². The molecule has 0 spiro atoms. The highest BCUT2D eigenvalue weighted by molar-refractivity contribution is 5.79. The van der Waals surface area contributed by atoms with E-state index in [1.165, 1.54) is 0 Å². The van der Waals surface area contributed by atoms with Crippen molar-refractivity contribution in [2.45, 2.75) is 19.8 Å². The van der Waals surface area contributed by atoms with E-state index < -0.39 is 5.97 Å². The average Bonchev–Trinajstić information content (AvgIpc) is 2.28. The number of carbonyl (C=O) groups is 2. The van der Waals surface area contributed by atoms with E-state index >= 15 is 0 Å². The SMILES string of the molecule is C=CCN(CC(=O)O)CC(=O)N1CCCC(C)C1. The maximum atomic E-state index is 12.1. The zero-order chi connectivity index (χ0) is 13.5. The van der Waals surface area contributed by atoms with Crippen molar-refractivity contribution in [3.05, 3.63) is 12.7 Å². The number of hydrogen-bond acceptors (Lipinski definition) is 3. The molecule has 0 aliphatic carbocycles. The number of amides is 1. The van der Waals surface area contributed by atoms with Crippen molar-refractivity contribution >= 4 is 11.9 Å². The minimum Gasteiger partial charge on any atom is -0.480 e. The van der Waals surface area contributed by atoms with Crippen LogP contribution in [0.1, 0.15) is 19.8 Å². The molecule has 0 saturated carbocycles. The highest BCUT2D eigenvalue weighted by Crippen LogP contribution is 2.15. The Kier molecular flexibility index (Phi) is 5.85. The van der Waals surface area contributed by atoms with Gasteiger partial charge in [-0.05, 0) is 18.8 Å². The van der Waals surface area contributed by atoms with Gasteiger partial charge in [0.05, 0.1) is 13.1 Å². The van der Waals surface area contributed by atoms with Crippen molar-refractivity contribution in [3.63, 3.8) is 0 Å². The van der Waals surface area contributed by atoms with Crippen LogP contribution >= 0.6 is 0 Å². The van der Waals surface area contributed by atoms with Crippen molar-refractivity contribution in [3.8, 4) is 0 Å². The van der Waals surface area contributed by atoms with Gasteiger partial charge in [0.15, 0.2) is 0 Å². The fraction of sp³-hybridized carbons (Fsp3) is 0.692. The van der Waals surface area contributed by atoms with Gasteiger partial charge in [-0.2, -0.15) is 0 Å². The second-order valence-electron chi connectivity index (χ2n) is 4.94. The maximum absolute atomic E-state index is 12.1. The Bertz CT molecular complexity index is 317. The topological polar surface area (TPSA) is 60.9 Å². The highest BCUT2D eigenvalue weighted by atomic mass is 16.4. The van der Waals surface area contributed by atoms with Gasteiger partial charge in [0.2, 0.25) is 5.91 Å². The molecule has 0 radical (unpaired) electrons. The number of rotatable bonds is 6. The van der Waals surface area contributed by atoms with E-state index in [2.05, 4.69) is 13.5 Å². The van der Waals surface area contributed by atoms with Crippen molar-refractivity contribution in [2.75, 3.05) is 32.7 Å². The minimum atomic E-state index is -0.920.